The lowest BCUT2D eigenvalue weighted by Crippen LogP contribution is -2.13. The van der Waals surface area contributed by atoms with Crippen molar-refractivity contribution in [3.05, 3.63) is 71.5 Å². The Morgan fingerprint density at radius 1 is 1.00 bits per heavy atom. The third-order valence-corrected chi connectivity index (χ3v) is 3.52. The van der Waals surface area contributed by atoms with Crippen LogP contribution in [0.25, 0.3) is 5.69 Å². The van der Waals surface area contributed by atoms with Crippen LogP contribution in [0.4, 0.5) is 5.69 Å². The molecule has 0 atom stereocenters. The second-order valence-corrected chi connectivity index (χ2v) is 5.18. The van der Waals surface area contributed by atoms with Crippen molar-refractivity contribution in [3.8, 4) is 5.69 Å². The van der Waals surface area contributed by atoms with Gasteiger partial charge < -0.3 is 15.5 Å². The first-order valence-electron chi connectivity index (χ1n) is 7.36. The standard InChI is InChI=1S/C17H14N4O4/c22-16(23)13-7-4-8-14(15(13)17(24)25)21-10-12(19-20-21)9-18-11-5-2-1-3-6-11/h1-8,10,18H,9H2,(H,22,23)(H,24,25). The number of nitrogens with one attached hydrogen (secondary N) is 1. The molecule has 0 radical (unpaired) electrons. The Balaban J connectivity index is 1.88. The van der Waals surface area contributed by atoms with E-state index >= 15 is 0 Å². The van der Waals surface area contributed by atoms with E-state index in [0.717, 1.165) is 5.69 Å². The minimum Gasteiger partial charge on any atom is -0.478 e. The molecule has 3 N–H and O–H groups in total. The summed E-state index contributed by atoms with van der Waals surface area (Å²) in [5, 5.41) is 29.6. The molecule has 2 aromatic carbocycles. The number of carboxylic acid groups (broad SMARTS) is 2. The summed E-state index contributed by atoms with van der Waals surface area (Å²) in [7, 11) is 0. The first-order valence-corrected chi connectivity index (χ1v) is 7.36. The maximum absolute atomic E-state index is 11.5. The Morgan fingerprint density at radius 2 is 1.76 bits per heavy atom. The lowest BCUT2D eigenvalue weighted by atomic mass is 10.1. The van der Waals surface area contributed by atoms with Crippen molar-refractivity contribution < 1.29 is 19.8 Å². The summed E-state index contributed by atoms with van der Waals surface area (Å²) in [5.41, 5.74) is 1.01. The van der Waals surface area contributed by atoms with E-state index in [0.29, 0.717) is 12.2 Å². The Morgan fingerprint density at radius 3 is 2.44 bits per heavy atom. The predicted octanol–water partition coefficient (Wildman–Crippen LogP) is 2.28. The highest BCUT2D eigenvalue weighted by molar-refractivity contribution is 6.04. The van der Waals surface area contributed by atoms with Gasteiger partial charge in [0.05, 0.1) is 29.6 Å². The Hall–Kier alpha value is -3.68. The van der Waals surface area contributed by atoms with Crippen molar-refractivity contribution in [2.24, 2.45) is 0 Å². The highest BCUT2D eigenvalue weighted by atomic mass is 16.4. The quantitative estimate of drug-likeness (QED) is 0.631. The average molecular weight is 338 g/mol. The van der Waals surface area contributed by atoms with E-state index < -0.39 is 11.9 Å². The monoisotopic (exact) mass is 338 g/mol. The molecule has 1 heterocycles. The van der Waals surface area contributed by atoms with Crippen LogP contribution >= 0.6 is 0 Å². The van der Waals surface area contributed by atoms with E-state index in [-0.39, 0.29) is 16.8 Å². The Labute approximate surface area is 142 Å². The molecule has 25 heavy (non-hydrogen) atoms. The zero-order valence-electron chi connectivity index (χ0n) is 13.0. The van der Waals surface area contributed by atoms with Gasteiger partial charge in [-0.3, -0.25) is 0 Å². The van der Waals surface area contributed by atoms with Gasteiger partial charge in [-0.25, -0.2) is 14.3 Å². The number of hydrogen-bond acceptors (Lipinski definition) is 5. The molecule has 8 nitrogen and oxygen atoms in total. The summed E-state index contributed by atoms with van der Waals surface area (Å²) < 4.78 is 1.26. The number of carbonyl (C=O) groups is 2. The lowest BCUT2D eigenvalue weighted by molar-refractivity contribution is 0.0651. The van der Waals surface area contributed by atoms with Crippen LogP contribution in [0.3, 0.4) is 0 Å². The average Bonchev–Trinajstić information content (AvgIpc) is 3.09. The van der Waals surface area contributed by atoms with Gasteiger partial charge in [-0.1, -0.05) is 29.5 Å². The molecule has 126 valence electrons. The number of anilines is 1. The van der Waals surface area contributed by atoms with Gasteiger partial charge in [0.25, 0.3) is 0 Å². The number of rotatable bonds is 6. The van der Waals surface area contributed by atoms with Crippen LogP contribution in [0.2, 0.25) is 0 Å². The first kappa shape index (κ1) is 16.2. The van der Waals surface area contributed by atoms with E-state index in [2.05, 4.69) is 15.6 Å². The van der Waals surface area contributed by atoms with E-state index in [9.17, 15) is 19.8 Å². The SMILES string of the molecule is O=C(O)c1cccc(-n2cc(CNc3ccccc3)nn2)c1C(=O)O. The van der Waals surface area contributed by atoms with Crippen molar-refractivity contribution >= 4 is 17.6 Å². The normalized spacial score (nSPS) is 10.4. The van der Waals surface area contributed by atoms with E-state index in [1.54, 1.807) is 6.20 Å². The van der Waals surface area contributed by atoms with Gasteiger partial charge in [-0.15, -0.1) is 5.10 Å². The predicted molar refractivity (Wildman–Crippen MR) is 89.0 cm³/mol. The van der Waals surface area contributed by atoms with Crippen LogP contribution in [0.15, 0.2) is 54.7 Å². The minimum absolute atomic E-state index is 0.144. The Kier molecular flexibility index (Phi) is 4.42. The molecular weight excluding hydrogens is 324 g/mol. The maximum atomic E-state index is 11.5. The summed E-state index contributed by atoms with van der Waals surface area (Å²) in [6.07, 6.45) is 1.56. The van der Waals surface area contributed by atoms with Gasteiger partial charge in [0, 0.05) is 5.69 Å². The third-order valence-electron chi connectivity index (χ3n) is 3.52. The fourth-order valence-corrected chi connectivity index (χ4v) is 2.38. The number of para-hydroxylation sites is 1. The van der Waals surface area contributed by atoms with Crippen LogP contribution in [-0.4, -0.2) is 37.1 Å². The maximum Gasteiger partial charge on any atom is 0.338 e. The zero-order valence-corrected chi connectivity index (χ0v) is 13.0. The number of hydrogen-bond donors (Lipinski definition) is 3. The lowest BCUT2D eigenvalue weighted by Gasteiger charge is -2.08. The molecule has 0 unspecified atom stereocenters. The van der Waals surface area contributed by atoms with Crippen molar-refractivity contribution in [3.63, 3.8) is 0 Å². The molecule has 0 aliphatic carbocycles. The number of carboxylic acids is 2. The van der Waals surface area contributed by atoms with Gasteiger partial charge >= 0.3 is 11.9 Å². The van der Waals surface area contributed by atoms with Gasteiger partial charge in [0.1, 0.15) is 5.69 Å². The molecule has 1 aromatic heterocycles. The van der Waals surface area contributed by atoms with Gasteiger partial charge in [0.15, 0.2) is 0 Å². The Bertz CT molecular complexity index is 921. The van der Waals surface area contributed by atoms with Crippen molar-refractivity contribution in [1.29, 1.82) is 0 Å². The van der Waals surface area contributed by atoms with Crippen LogP contribution in [0, 0.1) is 0 Å². The molecule has 8 heteroatoms. The molecule has 0 spiro atoms. The number of nitrogens with zero attached hydrogens (tertiary/aromatic N) is 3. The third kappa shape index (κ3) is 3.47. The van der Waals surface area contributed by atoms with Crippen LogP contribution < -0.4 is 5.32 Å². The van der Waals surface area contributed by atoms with E-state index in [4.69, 9.17) is 0 Å². The van der Waals surface area contributed by atoms with E-state index in [1.165, 1.54) is 22.9 Å². The molecule has 3 rings (SSSR count). The molecule has 0 aliphatic heterocycles. The van der Waals surface area contributed by atoms with E-state index in [1.807, 2.05) is 30.3 Å². The summed E-state index contributed by atoms with van der Waals surface area (Å²) in [5.74, 6) is -2.65. The topological polar surface area (TPSA) is 117 Å². The summed E-state index contributed by atoms with van der Waals surface area (Å²) in [6.45, 7) is 0.394. The fraction of sp³-hybridized carbons (Fsp3) is 0.0588. The van der Waals surface area contributed by atoms with Crippen LogP contribution in [-0.2, 0) is 6.54 Å². The summed E-state index contributed by atoms with van der Waals surface area (Å²) in [4.78, 5) is 22.8. The first-order chi connectivity index (χ1) is 12.1. The number of aromatic nitrogens is 3. The molecular formula is C17H14N4O4. The zero-order chi connectivity index (χ0) is 17.8. The molecule has 0 saturated carbocycles. The molecule has 0 saturated heterocycles. The summed E-state index contributed by atoms with van der Waals surface area (Å²) >= 11 is 0. The second kappa shape index (κ2) is 6.83. The molecule has 0 bridgehead atoms. The van der Waals surface area contributed by atoms with Crippen molar-refractivity contribution in [2.45, 2.75) is 6.54 Å². The van der Waals surface area contributed by atoms with Crippen LogP contribution in [0.5, 0.6) is 0 Å². The molecule has 0 fully saturated rings. The number of aromatic carboxylic acids is 2. The fourth-order valence-electron chi connectivity index (χ4n) is 2.38. The highest BCUT2D eigenvalue weighted by Gasteiger charge is 2.21. The van der Waals surface area contributed by atoms with Gasteiger partial charge in [-0.2, -0.15) is 0 Å². The molecule has 0 amide bonds. The minimum atomic E-state index is -1.34. The van der Waals surface area contributed by atoms with Crippen molar-refractivity contribution in [1.82, 2.24) is 15.0 Å². The van der Waals surface area contributed by atoms with Crippen LogP contribution in [0.1, 0.15) is 26.4 Å². The van der Waals surface area contributed by atoms with Gasteiger partial charge in [-0.05, 0) is 24.3 Å². The summed E-state index contributed by atoms with van der Waals surface area (Å²) in [6, 6.07) is 13.7. The number of benzene rings is 2. The highest BCUT2D eigenvalue weighted by Crippen LogP contribution is 2.19. The van der Waals surface area contributed by atoms with Gasteiger partial charge in [0.2, 0.25) is 0 Å². The smallest absolute Gasteiger partial charge is 0.338 e. The second-order valence-electron chi connectivity index (χ2n) is 5.18. The largest absolute Gasteiger partial charge is 0.478 e. The molecule has 0 aliphatic rings. The molecule has 3 aromatic rings. The van der Waals surface area contributed by atoms with Crippen molar-refractivity contribution in [2.75, 3.05) is 5.32 Å².